The smallest absolute Gasteiger partial charge is 0.166 e. The molecule has 1 heterocycles. The van der Waals surface area contributed by atoms with Gasteiger partial charge in [-0.2, -0.15) is 13.2 Å². The summed E-state index contributed by atoms with van der Waals surface area (Å²) >= 11 is 1.62. The van der Waals surface area contributed by atoms with Gasteiger partial charge in [0.1, 0.15) is 0 Å². The van der Waals surface area contributed by atoms with Crippen LogP contribution in [0.1, 0.15) is 29.2 Å². The molecule has 1 aliphatic heterocycles. The molecule has 3 aromatic carbocycles. The Morgan fingerprint density at radius 3 is 1.79 bits per heavy atom. The highest BCUT2D eigenvalue weighted by atomic mass is 32.2. The molecule has 3 aromatic rings. The van der Waals surface area contributed by atoms with Gasteiger partial charge < -0.3 is 0 Å². The maximum Gasteiger partial charge on any atom is 0.416 e. The fourth-order valence-corrected chi connectivity index (χ4v) is 4.92. The number of allylic oxidation sites excluding steroid dienone is 2. The number of alkyl halides is 3. The summed E-state index contributed by atoms with van der Waals surface area (Å²) in [6.45, 7) is 2.13. The van der Waals surface area contributed by atoms with Gasteiger partial charge in [-0.25, -0.2) is 0 Å². The summed E-state index contributed by atoms with van der Waals surface area (Å²) in [5.74, 6) is 0.131. The summed E-state index contributed by atoms with van der Waals surface area (Å²) in [6, 6.07) is 25.6. The van der Waals surface area contributed by atoms with E-state index in [1.54, 1.807) is 23.9 Å². The predicted molar refractivity (Wildman–Crippen MR) is 116 cm³/mol. The van der Waals surface area contributed by atoms with E-state index >= 15 is 0 Å². The highest BCUT2D eigenvalue weighted by molar-refractivity contribution is 8.16. The van der Waals surface area contributed by atoms with Crippen molar-refractivity contribution < 1.29 is 13.2 Å². The minimum Gasteiger partial charge on any atom is -0.166 e. The lowest BCUT2D eigenvalue weighted by Gasteiger charge is -2.26. The van der Waals surface area contributed by atoms with Gasteiger partial charge in [0.05, 0.1) is 5.56 Å². The predicted octanol–water partition coefficient (Wildman–Crippen LogP) is 8.00. The molecule has 0 fully saturated rings. The molecular weight excluding hydrogens is 389 g/mol. The first-order chi connectivity index (χ1) is 13.9. The van der Waals surface area contributed by atoms with E-state index in [0.717, 1.165) is 44.2 Å². The van der Waals surface area contributed by atoms with Crippen molar-refractivity contribution in [3.8, 4) is 0 Å². The largest absolute Gasteiger partial charge is 0.416 e. The van der Waals surface area contributed by atoms with Crippen molar-refractivity contribution in [2.45, 2.75) is 13.1 Å². The van der Waals surface area contributed by atoms with Crippen LogP contribution in [-0.2, 0) is 6.18 Å². The SMILES string of the molecule is CC1C=C(c2ccccc2)SC(c2ccc(C(F)(F)F)cc2)=C1c1ccccc1. The quantitative estimate of drug-likeness (QED) is 0.423. The van der Waals surface area contributed by atoms with Gasteiger partial charge in [-0.15, -0.1) is 0 Å². The molecule has 1 unspecified atom stereocenters. The Hall–Kier alpha value is -2.72. The van der Waals surface area contributed by atoms with Crippen molar-refractivity contribution in [3.05, 3.63) is 113 Å². The van der Waals surface area contributed by atoms with E-state index in [1.807, 2.05) is 36.4 Å². The van der Waals surface area contributed by atoms with Crippen LogP contribution in [-0.4, -0.2) is 0 Å². The summed E-state index contributed by atoms with van der Waals surface area (Å²) in [5.41, 5.74) is 3.51. The number of hydrogen-bond acceptors (Lipinski definition) is 1. The van der Waals surface area contributed by atoms with Crippen LogP contribution in [0.15, 0.2) is 91.0 Å². The van der Waals surface area contributed by atoms with E-state index in [4.69, 9.17) is 0 Å². The lowest BCUT2D eigenvalue weighted by molar-refractivity contribution is -0.137. The number of benzene rings is 3. The van der Waals surface area contributed by atoms with Gasteiger partial charge >= 0.3 is 6.18 Å². The van der Waals surface area contributed by atoms with E-state index < -0.39 is 11.7 Å². The summed E-state index contributed by atoms with van der Waals surface area (Å²) in [4.78, 5) is 2.12. The molecular formula is C25H19F3S. The van der Waals surface area contributed by atoms with E-state index in [0.29, 0.717) is 0 Å². The van der Waals surface area contributed by atoms with Crippen molar-refractivity contribution in [2.24, 2.45) is 5.92 Å². The number of thioether (sulfide) groups is 1. The van der Waals surface area contributed by atoms with Crippen molar-refractivity contribution >= 4 is 27.1 Å². The molecule has 0 amide bonds. The Kier molecular flexibility index (Phi) is 5.37. The zero-order valence-electron chi connectivity index (χ0n) is 15.8. The molecule has 1 aliphatic rings. The maximum atomic E-state index is 13.0. The average Bonchev–Trinajstić information content (AvgIpc) is 2.74. The van der Waals surface area contributed by atoms with Crippen molar-refractivity contribution in [1.82, 2.24) is 0 Å². The highest BCUT2D eigenvalue weighted by Gasteiger charge is 2.31. The standard InChI is InChI=1S/C25H19F3S/c1-17-16-22(18-8-4-2-5-9-18)29-24(23(17)19-10-6-3-7-11-19)20-12-14-21(15-13-20)25(26,27)28/h2-17H,1H3. The third-order valence-corrected chi connectivity index (χ3v) is 6.18. The number of hydrogen-bond donors (Lipinski definition) is 0. The fraction of sp³-hybridized carbons (Fsp3) is 0.120. The normalized spacial score (nSPS) is 17.2. The zero-order valence-corrected chi connectivity index (χ0v) is 16.6. The van der Waals surface area contributed by atoms with E-state index in [-0.39, 0.29) is 5.92 Å². The Labute approximate surface area is 172 Å². The molecule has 4 heteroatoms. The lowest BCUT2D eigenvalue weighted by atomic mass is 9.90. The number of rotatable bonds is 3. The molecule has 0 aromatic heterocycles. The van der Waals surface area contributed by atoms with Crippen molar-refractivity contribution in [2.75, 3.05) is 0 Å². The Morgan fingerprint density at radius 2 is 1.24 bits per heavy atom. The molecule has 0 aliphatic carbocycles. The Morgan fingerprint density at radius 1 is 0.690 bits per heavy atom. The Balaban J connectivity index is 1.82. The van der Waals surface area contributed by atoms with Gasteiger partial charge in [-0.1, -0.05) is 97.6 Å². The van der Waals surface area contributed by atoms with Gasteiger partial charge in [0, 0.05) is 15.7 Å². The maximum absolute atomic E-state index is 13.0. The molecule has 0 saturated heterocycles. The molecule has 1 atom stereocenters. The molecule has 0 nitrogen and oxygen atoms in total. The van der Waals surface area contributed by atoms with Crippen LogP contribution in [0.3, 0.4) is 0 Å². The van der Waals surface area contributed by atoms with Crippen LogP contribution < -0.4 is 0 Å². The third kappa shape index (κ3) is 4.18. The first kappa shape index (κ1) is 19.6. The molecule has 0 spiro atoms. The van der Waals surface area contributed by atoms with Gasteiger partial charge in [0.15, 0.2) is 0 Å². The van der Waals surface area contributed by atoms with Crippen LogP contribution in [0.25, 0.3) is 15.4 Å². The van der Waals surface area contributed by atoms with E-state index in [9.17, 15) is 13.2 Å². The average molecular weight is 408 g/mol. The van der Waals surface area contributed by atoms with E-state index in [2.05, 4.69) is 37.3 Å². The van der Waals surface area contributed by atoms with Gasteiger partial charge in [0.2, 0.25) is 0 Å². The molecule has 0 N–H and O–H groups in total. The summed E-state index contributed by atoms with van der Waals surface area (Å²) in [7, 11) is 0. The number of halogens is 3. The Bertz CT molecular complexity index is 1050. The minimum atomic E-state index is -4.34. The van der Waals surface area contributed by atoms with Gasteiger partial charge in [0.25, 0.3) is 0 Å². The first-order valence-electron chi connectivity index (χ1n) is 9.36. The highest BCUT2D eigenvalue weighted by Crippen LogP contribution is 2.50. The molecule has 4 rings (SSSR count). The topological polar surface area (TPSA) is 0 Å². The third-order valence-electron chi connectivity index (χ3n) is 4.93. The molecule has 0 radical (unpaired) electrons. The van der Waals surface area contributed by atoms with Gasteiger partial charge in [-0.3, -0.25) is 0 Å². The van der Waals surface area contributed by atoms with Crippen LogP contribution in [0.4, 0.5) is 13.2 Å². The summed E-state index contributed by atoms with van der Waals surface area (Å²) in [5, 5.41) is 0. The van der Waals surface area contributed by atoms with Crippen molar-refractivity contribution in [3.63, 3.8) is 0 Å². The van der Waals surface area contributed by atoms with Crippen LogP contribution >= 0.6 is 11.8 Å². The monoisotopic (exact) mass is 408 g/mol. The van der Waals surface area contributed by atoms with Crippen molar-refractivity contribution in [1.29, 1.82) is 0 Å². The summed E-state index contributed by atoms with van der Waals surface area (Å²) in [6.07, 6.45) is -2.10. The second-order valence-corrected chi connectivity index (χ2v) is 8.02. The van der Waals surface area contributed by atoms with Crippen LogP contribution in [0.5, 0.6) is 0 Å². The first-order valence-corrected chi connectivity index (χ1v) is 10.2. The second-order valence-electron chi connectivity index (χ2n) is 6.97. The minimum absolute atomic E-state index is 0.131. The molecule has 0 bridgehead atoms. The zero-order chi connectivity index (χ0) is 20.4. The lowest BCUT2D eigenvalue weighted by Crippen LogP contribution is -2.06. The van der Waals surface area contributed by atoms with E-state index in [1.165, 1.54) is 0 Å². The molecule has 0 saturated carbocycles. The molecule has 29 heavy (non-hydrogen) atoms. The van der Waals surface area contributed by atoms with Crippen LogP contribution in [0, 0.1) is 5.92 Å². The molecule has 146 valence electrons. The van der Waals surface area contributed by atoms with Gasteiger partial charge in [-0.05, 0) is 34.4 Å². The van der Waals surface area contributed by atoms with Crippen LogP contribution in [0.2, 0.25) is 0 Å². The summed E-state index contributed by atoms with van der Waals surface area (Å²) < 4.78 is 39.1. The second kappa shape index (κ2) is 7.96. The fourth-order valence-electron chi connectivity index (χ4n) is 3.51.